The van der Waals surface area contributed by atoms with E-state index < -0.39 is 0 Å². The highest BCUT2D eigenvalue weighted by molar-refractivity contribution is 5.70. The molecule has 0 aromatic carbocycles. The molecule has 0 aromatic heterocycles. The zero-order valence-corrected chi connectivity index (χ0v) is 10.9. The SMILES string of the molecule is CCOC(=O)CC(C)N1CCCC(C)CC1. The number of rotatable bonds is 4. The summed E-state index contributed by atoms with van der Waals surface area (Å²) in [4.78, 5) is 13.8. The van der Waals surface area contributed by atoms with E-state index in [0.717, 1.165) is 19.0 Å². The summed E-state index contributed by atoms with van der Waals surface area (Å²) in [7, 11) is 0. The van der Waals surface area contributed by atoms with Crippen LogP contribution in [0.2, 0.25) is 0 Å². The van der Waals surface area contributed by atoms with E-state index in [1.807, 2.05) is 6.92 Å². The molecule has 1 fully saturated rings. The predicted molar refractivity (Wildman–Crippen MR) is 65.3 cm³/mol. The van der Waals surface area contributed by atoms with Crippen LogP contribution in [0.1, 0.15) is 46.5 Å². The summed E-state index contributed by atoms with van der Waals surface area (Å²) in [5.74, 6) is 0.770. The Morgan fingerprint density at radius 1 is 1.44 bits per heavy atom. The fourth-order valence-electron chi connectivity index (χ4n) is 2.32. The minimum Gasteiger partial charge on any atom is -0.466 e. The quantitative estimate of drug-likeness (QED) is 0.691. The van der Waals surface area contributed by atoms with Crippen LogP contribution >= 0.6 is 0 Å². The second kappa shape index (κ2) is 6.89. The molecule has 1 heterocycles. The average molecular weight is 227 g/mol. The zero-order chi connectivity index (χ0) is 12.0. The lowest BCUT2D eigenvalue weighted by Crippen LogP contribution is -2.35. The maximum atomic E-state index is 11.4. The summed E-state index contributed by atoms with van der Waals surface area (Å²) in [6, 6.07) is 0.323. The molecule has 94 valence electrons. The minimum atomic E-state index is -0.0627. The summed E-state index contributed by atoms with van der Waals surface area (Å²) < 4.78 is 4.99. The summed E-state index contributed by atoms with van der Waals surface area (Å²) in [6.07, 6.45) is 4.37. The van der Waals surface area contributed by atoms with Gasteiger partial charge in [-0.2, -0.15) is 0 Å². The van der Waals surface area contributed by atoms with E-state index in [1.165, 1.54) is 19.3 Å². The van der Waals surface area contributed by atoms with Gasteiger partial charge < -0.3 is 9.64 Å². The first-order chi connectivity index (χ1) is 7.63. The summed E-state index contributed by atoms with van der Waals surface area (Å²) in [5.41, 5.74) is 0. The van der Waals surface area contributed by atoms with E-state index in [9.17, 15) is 4.79 Å². The van der Waals surface area contributed by atoms with Gasteiger partial charge in [0.2, 0.25) is 0 Å². The summed E-state index contributed by atoms with van der Waals surface area (Å²) >= 11 is 0. The van der Waals surface area contributed by atoms with Crippen molar-refractivity contribution in [3.8, 4) is 0 Å². The van der Waals surface area contributed by atoms with Gasteiger partial charge in [-0.1, -0.05) is 6.92 Å². The molecule has 0 aromatic rings. The molecule has 1 saturated heterocycles. The Hall–Kier alpha value is -0.570. The number of nitrogens with zero attached hydrogens (tertiary/aromatic N) is 1. The first kappa shape index (κ1) is 13.5. The fourth-order valence-corrected chi connectivity index (χ4v) is 2.32. The Bertz CT molecular complexity index is 218. The smallest absolute Gasteiger partial charge is 0.307 e. The maximum absolute atomic E-state index is 11.4. The Morgan fingerprint density at radius 2 is 2.19 bits per heavy atom. The number of ether oxygens (including phenoxy) is 1. The lowest BCUT2D eigenvalue weighted by Gasteiger charge is -2.26. The molecule has 3 nitrogen and oxygen atoms in total. The number of carbonyl (C=O) groups is 1. The number of hydrogen-bond acceptors (Lipinski definition) is 3. The highest BCUT2D eigenvalue weighted by atomic mass is 16.5. The Kier molecular flexibility index (Phi) is 5.81. The van der Waals surface area contributed by atoms with E-state index in [-0.39, 0.29) is 5.97 Å². The van der Waals surface area contributed by atoms with Gasteiger partial charge in [0.05, 0.1) is 13.0 Å². The van der Waals surface area contributed by atoms with Crippen LogP contribution in [0.25, 0.3) is 0 Å². The predicted octanol–water partition coefficient (Wildman–Crippen LogP) is 2.45. The van der Waals surface area contributed by atoms with Crippen molar-refractivity contribution >= 4 is 5.97 Å². The van der Waals surface area contributed by atoms with Crippen molar-refractivity contribution in [1.82, 2.24) is 4.90 Å². The molecule has 0 radical (unpaired) electrons. The van der Waals surface area contributed by atoms with Gasteiger partial charge in [-0.15, -0.1) is 0 Å². The molecular weight excluding hydrogens is 202 g/mol. The summed E-state index contributed by atoms with van der Waals surface area (Å²) in [6.45, 7) is 9.05. The highest BCUT2D eigenvalue weighted by Crippen LogP contribution is 2.19. The van der Waals surface area contributed by atoms with Crippen LogP contribution in [-0.4, -0.2) is 36.6 Å². The topological polar surface area (TPSA) is 29.5 Å². The van der Waals surface area contributed by atoms with Gasteiger partial charge >= 0.3 is 5.97 Å². The highest BCUT2D eigenvalue weighted by Gasteiger charge is 2.20. The normalized spacial score (nSPS) is 24.8. The Morgan fingerprint density at radius 3 is 2.88 bits per heavy atom. The molecule has 0 bridgehead atoms. The van der Waals surface area contributed by atoms with Crippen molar-refractivity contribution < 1.29 is 9.53 Å². The monoisotopic (exact) mass is 227 g/mol. The third-order valence-corrected chi connectivity index (χ3v) is 3.44. The van der Waals surface area contributed by atoms with Crippen LogP contribution in [0.15, 0.2) is 0 Å². The van der Waals surface area contributed by atoms with E-state index in [0.29, 0.717) is 19.1 Å². The molecule has 1 aliphatic heterocycles. The van der Waals surface area contributed by atoms with Crippen molar-refractivity contribution in [3.63, 3.8) is 0 Å². The molecule has 1 rings (SSSR count). The van der Waals surface area contributed by atoms with Crippen molar-refractivity contribution in [3.05, 3.63) is 0 Å². The third kappa shape index (κ3) is 4.52. The first-order valence-electron chi connectivity index (χ1n) is 6.53. The van der Waals surface area contributed by atoms with Crippen molar-refractivity contribution in [1.29, 1.82) is 0 Å². The van der Waals surface area contributed by atoms with Crippen molar-refractivity contribution in [2.45, 2.75) is 52.5 Å². The molecule has 1 aliphatic rings. The Labute approximate surface area is 99.1 Å². The van der Waals surface area contributed by atoms with Crippen LogP contribution in [0.3, 0.4) is 0 Å². The minimum absolute atomic E-state index is 0.0627. The van der Waals surface area contributed by atoms with Crippen LogP contribution in [0.5, 0.6) is 0 Å². The van der Waals surface area contributed by atoms with E-state index in [1.54, 1.807) is 0 Å². The van der Waals surface area contributed by atoms with Gasteiger partial charge in [-0.25, -0.2) is 0 Å². The molecule has 2 unspecified atom stereocenters. The van der Waals surface area contributed by atoms with Gasteiger partial charge in [-0.3, -0.25) is 4.79 Å². The molecule has 0 N–H and O–H groups in total. The molecule has 0 amide bonds. The molecule has 2 atom stereocenters. The maximum Gasteiger partial charge on any atom is 0.307 e. The fraction of sp³-hybridized carbons (Fsp3) is 0.923. The second-order valence-electron chi connectivity index (χ2n) is 4.93. The van der Waals surface area contributed by atoms with Gasteiger partial charge in [-0.05, 0) is 52.1 Å². The number of carbonyl (C=O) groups excluding carboxylic acids is 1. The zero-order valence-electron chi connectivity index (χ0n) is 10.9. The van der Waals surface area contributed by atoms with Crippen LogP contribution in [0, 0.1) is 5.92 Å². The van der Waals surface area contributed by atoms with Crippen molar-refractivity contribution in [2.24, 2.45) is 5.92 Å². The summed E-state index contributed by atoms with van der Waals surface area (Å²) in [5, 5.41) is 0. The molecular formula is C13H25NO2. The van der Waals surface area contributed by atoms with E-state index in [2.05, 4.69) is 18.7 Å². The largest absolute Gasteiger partial charge is 0.466 e. The standard InChI is InChI=1S/C13H25NO2/c1-4-16-13(15)10-12(3)14-8-5-6-11(2)7-9-14/h11-12H,4-10H2,1-3H3. The lowest BCUT2D eigenvalue weighted by molar-refractivity contribution is -0.144. The van der Waals surface area contributed by atoms with Crippen LogP contribution < -0.4 is 0 Å². The number of esters is 1. The van der Waals surface area contributed by atoms with Gasteiger partial charge in [0, 0.05) is 6.04 Å². The third-order valence-electron chi connectivity index (χ3n) is 3.44. The first-order valence-corrected chi connectivity index (χ1v) is 6.53. The molecule has 3 heteroatoms. The van der Waals surface area contributed by atoms with Gasteiger partial charge in [0.15, 0.2) is 0 Å². The van der Waals surface area contributed by atoms with Crippen LogP contribution in [-0.2, 0) is 9.53 Å². The van der Waals surface area contributed by atoms with E-state index >= 15 is 0 Å². The van der Waals surface area contributed by atoms with Crippen LogP contribution in [0.4, 0.5) is 0 Å². The van der Waals surface area contributed by atoms with Crippen molar-refractivity contribution in [2.75, 3.05) is 19.7 Å². The van der Waals surface area contributed by atoms with E-state index in [4.69, 9.17) is 4.74 Å². The molecule has 0 aliphatic carbocycles. The Balaban J connectivity index is 2.34. The number of likely N-dealkylation sites (tertiary alicyclic amines) is 1. The van der Waals surface area contributed by atoms with Gasteiger partial charge in [0.1, 0.15) is 0 Å². The molecule has 0 saturated carbocycles. The average Bonchev–Trinajstić information content (AvgIpc) is 2.43. The van der Waals surface area contributed by atoms with Gasteiger partial charge in [0.25, 0.3) is 0 Å². The number of hydrogen-bond donors (Lipinski definition) is 0. The second-order valence-corrected chi connectivity index (χ2v) is 4.93. The lowest BCUT2D eigenvalue weighted by atomic mass is 10.0. The molecule has 0 spiro atoms. The molecule has 16 heavy (non-hydrogen) atoms.